The van der Waals surface area contributed by atoms with Crippen molar-refractivity contribution >= 4 is 22.7 Å². The molecule has 8 heteroatoms. The molecule has 0 spiro atoms. The van der Waals surface area contributed by atoms with Gasteiger partial charge >= 0.3 is 6.18 Å². The van der Waals surface area contributed by atoms with E-state index in [1.54, 1.807) is 30.5 Å². The van der Waals surface area contributed by atoms with Gasteiger partial charge in [0.15, 0.2) is 0 Å². The number of nitrogens with zero attached hydrogens (tertiary/aromatic N) is 2. The Balaban J connectivity index is 1.06. The highest BCUT2D eigenvalue weighted by molar-refractivity contribution is 6.02. The number of nitrogens with one attached hydrogen (secondary N) is 1. The maximum absolute atomic E-state index is 13.2. The predicted octanol–water partition coefficient (Wildman–Crippen LogP) is 6.48. The van der Waals surface area contributed by atoms with E-state index < -0.39 is 11.7 Å². The minimum Gasteiger partial charge on any atom is -0.361 e. The number of aromatic amines is 1. The van der Waals surface area contributed by atoms with Crippen molar-refractivity contribution in [2.75, 3.05) is 26.2 Å². The highest BCUT2D eigenvalue weighted by Crippen LogP contribution is 2.35. The second-order valence-corrected chi connectivity index (χ2v) is 10.6. The average molecular weight is 532 g/mol. The Morgan fingerprint density at radius 1 is 0.821 bits per heavy atom. The summed E-state index contributed by atoms with van der Waals surface area (Å²) in [6.45, 7) is 2.92. The highest BCUT2D eigenvalue weighted by atomic mass is 19.4. The van der Waals surface area contributed by atoms with E-state index in [0.29, 0.717) is 47.1 Å². The third kappa shape index (κ3) is 5.03. The Labute approximate surface area is 224 Å². The molecule has 2 amide bonds. The number of H-pyrrole nitrogens is 1. The van der Waals surface area contributed by atoms with Crippen LogP contribution in [0.4, 0.5) is 13.2 Å². The van der Waals surface area contributed by atoms with Crippen LogP contribution in [-0.4, -0.2) is 52.8 Å². The molecule has 39 heavy (non-hydrogen) atoms. The fraction of sp³-hybridized carbons (Fsp3) is 0.290. The number of carbonyl (C=O) groups is 2. The van der Waals surface area contributed by atoms with Gasteiger partial charge in [-0.2, -0.15) is 13.2 Å². The normalized spacial score (nSPS) is 18.0. The molecule has 200 valence electrons. The van der Waals surface area contributed by atoms with Crippen molar-refractivity contribution in [3.8, 4) is 11.1 Å². The van der Waals surface area contributed by atoms with Gasteiger partial charge in [-0.05, 0) is 66.6 Å². The van der Waals surface area contributed by atoms with Crippen LogP contribution >= 0.6 is 0 Å². The molecule has 6 rings (SSSR count). The van der Waals surface area contributed by atoms with Crippen LogP contribution in [0.25, 0.3) is 22.0 Å². The summed E-state index contributed by atoms with van der Waals surface area (Å²) in [4.78, 5) is 32.7. The Hall–Kier alpha value is -4.07. The molecular weight excluding hydrogens is 503 g/mol. The van der Waals surface area contributed by atoms with Gasteiger partial charge in [-0.3, -0.25) is 9.59 Å². The van der Waals surface area contributed by atoms with E-state index >= 15 is 0 Å². The number of likely N-dealkylation sites (tertiary alicyclic amines) is 2. The first-order chi connectivity index (χ1) is 18.8. The number of halogens is 3. The summed E-state index contributed by atoms with van der Waals surface area (Å²) < 4.78 is 39.5. The van der Waals surface area contributed by atoms with Crippen molar-refractivity contribution in [3.05, 3.63) is 95.7 Å². The summed E-state index contributed by atoms with van der Waals surface area (Å²) >= 11 is 0. The zero-order valence-electron chi connectivity index (χ0n) is 21.2. The predicted molar refractivity (Wildman–Crippen MR) is 143 cm³/mol. The van der Waals surface area contributed by atoms with Crippen LogP contribution in [0.1, 0.15) is 39.1 Å². The molecular formula is C31H28F3N3O2. The molecule has 2 saturated heterocycles. The largest absolute Gasteiger partial charge is 0.416 e. The molecule has 2 aliphatic rings. The first-order valence-corrected chi connectivity index (χ1v) is 13.2. The van der Waals surface area contributed by atoms with Crippen LogP contribution in [0.15, 0.2) is 79.0 Å². The number of hydrogen-bond donors (Lipinski definition) is 1. The maximum atomic E-state index is 13.2. The van der Waals surface area contributed by atoms with E-state index in [1.165, 1.54) is 6.07 Å². The van der Waals surface area contributed by atoms with Crippen LogP contribution in [0.5, 0.6) is 0 Å². The second kappa shape index (κ2) is 9.91. The summed E-state index contributed by atoms with van der Waals surface area (Å²) in [5.41, 5.74) is 2.42. The Bertz CT molecular complexity index is 1520. The van der Waals surface area contributed by atoms with Crippen LogP contribution in [-0.2, 0) is 6.18 Å². The molecule has 5 nitrogen and oxygen atoms in total. The van der Waals surface area contributed by atoms with E-state index in [-0.39, 0.29) is 11.8 Å². The molecule has 3 heterocycles. The average Bonchev–Trinajstić information content (AvgIpc) is 3.57. The molecule has 0 bridgehead atoms. The molecule has 2 fully saturated rings. The van der Waals surface area contributed by atoms with Gasteiger partial charge in [-0.15, -0.1) is 0 Å². The van der Waals surface area contributed by atoms with Crippen molar-refractivity contribution in [1.82, 2.24) is 14.8 Å². The Kier molecular flexibility index (Phi) is 6.41. The number of alkyl halides is 3. The van der Waals surface area contributed by atoms with Crippen LogP contribution < -0.4 is 0 Å². The minimum atomic E-state index is -4.41. The lowest BCUT2D eigenvalue weighted by molar-refractivity contribution is -0.137. The Morgan fingerprint density at radius 3 is 2.33 bits per heavy atom. The number of hydrogen-bond acceptors (Lipinski definition) is 2. The fourth-order valence-electron chi connectivity index (χ4n) is 5.87. The quantitative estimate of drug-likeness (QED) is 0.321. The van der Waals surface area contributed by atoms with E-state index in [2.05, 4.69) is 4.98 Å². The smallest absolute Gasteiger partial charge is 0.361 e. The lowest BCUT2D eigenvalue weighted by Gasteiger charge is -2.40. The number of amides is 2. The van der Waals surface area contributed by atoms with Crippen molar-refractivity contribution in [2.45, 2.75) is 19.0 Å². The summed E-state index contributed by atoms with van der Waals surface area (Å²) in [6, 6.07) is 19.9. The fourth-order valence-corrected chi connectivity index (χ4v) is 5.87. The van der Waals surface area contributed by atoms with E-state index in [9.17, 15) is 22.8 Å². The SMILES string of the molecule is O=C(c1ccc2c(-c3cccc(C(F)(F)F)c3)c[nH]c2c1)N1CC(C[C@H]2CCN(C(=O)c3ccccc3)C2)C1. The van der Waals surface area contributed by atoms with Gasteiger partial charge in [0.1, 0.15) is 0 Å². The molecule has 0 saturated carbocycles. The minimum absolute atomic E-state index is 0.0457. The summed E-state index contributed by atoms with van der Waals surface area (Å²) in [5.74, 6) is 0.909. The van der Waals surface area contributed by atoms with Crippen LogP contribution in [0.2, 0.25) is 0 Å². The monoisotopic (exact) mass is 531 g/mol. The number of rotatable bonds is 5. The zero-order chi connectivity index (χ0) is 27.1. The van der Waals surface area contributed by atoms with Gasteiger partial charge in [-0.25, -0.2) is 0 Å². The highest BCUT2D eigenvalue weighted by Gasteiger charge is 2.36. The third-order valence-corrected chi connectivity index (χ3v) is 7.93. The molecule has 0 radical (unpaired) electrons. The van der Waals surface area contributed by atoms with E-state index in [1.807, 2.05) is 40.1 Å². The van der Waals surface area contributed by atoms with Crippen LogP contribution in [0, 0.1) is 11.8 Å². The molecule has 1 atom stereocenters. The van der Waals surface area contributed by atoms with Crippen molar-refractivity contribution in [1.29, 1.82) is 0 Å². The third-order valence-electron chi connectivity index (χ3n) is 7.93. The van der Waals surface area contributed by atoms with Crippen molar-refractivity contribution in [2.24, 2.45) is 11.8 Å². The summed E-state index contributed by atoms with van der Waals surface area (Å²) in [6.07, 6.45) is -0.742. The second-order valence-electron chi connectivity index (χ2n) is 10.6. The van der Waals surface area contributed by atoms with Crippen molar-refractivity contribution < 1.29 is 22.8 Å². The molecule has 2 aliphatic heterocycles. The topological polar surface area (TPSA) is 56.4 Å². The van der Waals surface area contributed by atoms with E-state index in [0.717, 1.165) is 49.0 Å². The first-order valence-electron chi connectivity index (χ1n) is 13.2. The lowest BCUT2D eigenvalue weighted by atomic mass is 9.87. The molecule has 1 N–H and O–H groups in total. The van der Waals surface area contributed by atoms with Gasteiger partial charge in [0.25, 0.3) is 11.8 Å². The van der Waals surface area contributed by atoms with Gasteiger partial charge in [0, 0.05) is 60.0 Å². The number of benzene rings is 3. The van der Waals surface area contributed by atoms with Gasteiger partial charge < -0.3 is 14.8 Å². The van der Waals surface area contributed by atoms with Crippen molar-refractivity contribution in [3.63, 3.8) is 0 Å². The lowest BCUT2D eigenvalue weighted by Crippen LogP contribution is -2.50. The maximum Gasteiger partial charge on any atom is 0.416 e. The van der Waals surface area contributed by atoms with Crippen LogP contribution in [0.3, 0.4) is 0 Å². The molecule has 3 aromatic carbocycles. The first kappa shape index (κ1) is 25.2. The van der Waals surface area contributed by atoms with Gasteiger partial charge in [0.2, 0.25) is 0 Å². The van der Waals surface area contributed by atoms with E-state index in [4.69, 9.17) is 0 Å². The number of fused-ring (bicyclic) bond motifs is 1. The van der Waals surface area contributed by atoms with Gasteiger partial charge in [0.05, 0.1) is 5.56 Å². The Morgan fingerprint density at radius 2 is 1.56 bits per heavy atom. The van der Waals surface area contributed by atoms with Gasteiger partial charge in [-0.1, -0.05) is 36.4 Å². The summed E-state index contributed by atoms with van der Waals surface area (Å²) in [5, 5.41) is 0.767. The zero-order valence-corrected chi connectivity index (χ0v) is 21.2. The molecule has 0 unspecified atom stereocenters. The molecule has 1 aromatic heterocycles. The standard InChI is InChI=1S/C31H28F3N3O2/c32-31(33,34)25-8-4-7-23(14-25)27-16-35-28-15-24(9-10-26(27)28)30(39)37-18-21(19-37)13-20-11-12-36(17-20)29(38)22-5-2-1-3-6-22/h1-10,14-16,20-21,35H,11-13,17-19H2/t20-/m1/s1. The number of aromatic nitrogens is 1. The molecule has 0 aliphatic carbocycles. The number of carbonyl (C=O) groups excluding carboxylic acids is 2. The molecule has 4 aromatic rings. The summed E-state index contributed by atoms with van der Waals surface area (Å²) in [7, 11) is 0.